The first-order valence-corrected chi connectivity index (χ1v) is 8.45. The topological polar surface area (TPSA) is 82.8 Å². The minimum atomic E-state index is -1.19. The van der Waals surface area contributed by atoms with Gasteiger partial charge >= 0.3 is 0 Å². The first kappa shape index (κ1) is 16.3. The average Bonchev–Trinajstić information content (AvgIpc) is 2.56. The van der Waals surface area contributed by atoms with Crippen LogP contribution in [0.1, 0.15) is 5.56 Å². The number of nitrogens with zero attached hydrogens (tertiary/aromatic N) is 1. The number of aryl methyl sites for hydroxylation is 1. The van der Waals surface area contributed by atoms with Gasteiger partial charge in [-0.1, -0.05) is 18.2 Å². The van der Waals surface area contributed by atoms with Crippen LogP contribution < -0.4 is 4.74 Å². The molecule has 23 heavy (non-hydrogen) atoms. The largest absolute Gasteiger partial charge is 0.477 e. The third-order valence-corrected chi connectivity index (χ3v) is 4.99. The molecule has 0 bridgehead atoms. The SMILES string of the molecule is Cc1ccc(-c2cccc(O[C@H]3SC[C@@H](O)[C@H](O)[C@H]3O)c2)nc1. The van der Waals surface area contributed by atoms with E-state index in [0.29, 0.717) is 11.5 Å². The highest BCUT2D eigenvalue weighted by atomic mass is 32.2. The minimum absolute atomic E-state index is 0.322. The monoisotopic (exact) mass is 333 g/mol. The van der Waals surface area contributed by atoms with Gasteiger partial charge < -0.3 is 20.1 Å². The van der Waals surface area contributed by atoms with Gasteiger partial charge in [-0.25, -0.2) is 0 Å². The van der Waals surface area contributed by atoms with Crippen molar-refractivity contribution in [1.29, 1.82) is 0 Å². The number of rotatable bonds is 3. The summed E-state index contributed by atoms with van der Waals surface area (Å²) in [5.74, 6) is 0.910. The number of pyridine rings is 1. The molecule has 0 radical (unpaired) electrons. The fraction of sp³-hybridized carbons (Fsp3) is 0.353. The van der Waals surface area contributed by atoms with Gasteiger partial charge in [-0.2, -0.15) is 0 Å². The van der Waals surface area contributed by atoms with Crippen molar-refractivity contribution in [2.24, 2.45) is 0 Å². The molecule has 4 atom stereocenters. The number of aromatic nitrogens is 1. The summed E-state index contributed by atoms with van der Waals surface area (Å²) in [4.78, 5) is 4.39. The summed E-state index contributed by atoms with van der Waals surface area (Å²) >= 11 is 1.28. The lowest BCUT2D eigenvalue weighted by molar-refractivity contribution is -0.0786. The van der Waals surface area contributed by atoms with E-state index in [1.165, 1.54) is 11.8 Å². The Balaban J connectivity index is 1.76. The Morgan fingerprint density at radius 2 is 1.96 bits per heavy atom. The van der Waals surface area contributed by atoms with Crippen LogP contribution in [0.5, 0.6) is 5.75 Å². The van der Waals surface area contributed by atoms with Crippen LogP contribution in [0, 0.1) is 6.92 Å². The highest BCUT2D eigenvalue weighted by Gasteiger charge is 2.38. The fourth-order valence-electron chi connectivity index (χ4n) is 2.38. The van der Waals surface area contributed by atoms with Gasteiger partial charge in [0.1, 0.15) is 18.0 Å². The Morgan fingerprint density at radius 1 is 1.13 bits per heavy atom. The molecule has 0 amide bonds. The molecular weight excluding hydrogens is 314 g/mol. The predicted molar refractivity (Wildman–Crippen MR) is 89.3 cm³/mol. The zero-order valence-corrected chi connectivity index (χ0v) is 13.5. The van der Waals surface area contributed by atoms with Crippen molar-refractivity contribution in [1.82, 2.24) is 4.98 Å². The second kappa shape index (κ2) is 6.88. The van der Waals surface area contributed by atoms with Gasteiger partial charge in [0.05, 0.1) is 11.8 Å². The molecule has 5 nitrogen and oxygen atoms in total. The van der Waals surface area contributed by atoms with E-state index in [-0.39, 0.29) is 0 Å². The van der Waals surface area contributed by atoms with E-state index in [0.717, 1.165) is 16.8 Å². The third-order valence-electron chi connectivity index (χ3n) is 3.75. The van der Waals surface area contributed by atoms with E-state index >= 15 is 0 Å². The van der Waals surface area contributed by atoms with Crippen LogP contribution in [0.15, 0.2) is 42.6 Å². The molecule has 0 saturated carbocycles. The Hall–Kier alpha value is -1.60. The average molecular weight is 333 g/mol. The Morgan fingerprint density at radius 3 is 2.70 bits per heavy atom. The highest BCUT2D eigenvalue weighted by molar-refractivity contribution is 7.99. The molecule has 6 heteroatoms. The zero-order valence-electron chi connectivity index (χ0n) is 12.7. The van der Waals surface area contributed by atoms with Crippen LogP contribution in [0.25, 0.3) is 11.3 Å². The van der Waals surface area contributed by atoms with Gasteiger partial charge in [-0.05, 0) is 30.7 Å². The summed E-state index contributed by atoms with van der Waals surface area (Å²) in [6.07, 6.45) is -1.45. The van der Waals surface area contributed by atoms with Crippen molar-refractivity contribution in [3.63, 3.8) is 0 Å². The van der Waals surface area contributed by atoms with Gasteiger partial charge in [0.15, 0.2) is 5.44 Å². The van der Waals surface area contributed by atoms with E-state index in [2.05, 4.69) is 4.98 Å². The molecule has 0 spiro atoms. The van der Waals surface area contributed by atoms with E-state index in [1.807, 2.05) is 37.3 Å². The smallest absolute Gasteiger partial charge is 0.173 e. The molecular formula is C17H19NO4S. The number of hydrogen-bond acceptors (Lipinski definition) is 6. The maximum atomic E-state index is 10.0. The van der Waals surface area contributed by atoms with Crippen molar-refractivity contribution < 1.29 is 20.1 Å². The second-order valence-electron chi connectivity index (χ2n) is 5.62. The summed E-state index contributed by atoms with van der Waals surface area (Å²) in [6.45, 7) is 1.98. The Kier molecular flexibility index (Phi) is 4.87. The number of aliphatic hydroxyl groups excluding tert-OH is 3. The van der Waals surface area contributed by atoms with Crippen LogP contribution in [0.2, 0.25) is 0 Å². The van der Waals surface area contributed by atoms with Crippen LogP contribution in [0.4, 0.5) is 0 Å². The Labute approximate surface area is 139 Å². The number of ether oxygens (including phenoxy) is 1. The predicted octanol–water partition coefficient (Wildman–Crippen LogP) is 1.59. The third kappa shape index (κ3) is 3.67. The lowest BCUT2D eigenvalue weighted by Gasteiger charge is -2.34. The van der Waals surface area contributed by atoms with Crippen molar-refractivity contribution in [2.45, 2.75) is 30.7 Å². The molecule has 1 aromatic carbocycles. The molecule has 2 aromatic rings. The summed E-state index contributed by atoms with van der Waals surface area (Å²) in [7, 11) is 0. The maximum absolute atomic E-state index is 10.0. The summed E-state index contributed by atoms with van der Waals surface area (Å²) in [5.41, 5.74) is 2.23. The normalized spacial score (nSPS) is 27.7. The molecule has 1 saturated heterocycles. The van der Waals surface area contributed by atoms with Gasteiger partial charge in [0.25, 0.3) is 0 Å². The van der Waals surface area contributed by atoms with Crippen LogP contribution in [0.3, 0.4) is 0 Å². The van der Waals surface area contributed by atoms with Gasteiger partial charge in [0, 0.05) is 17.5 Å². The van der Waals surface area contributed by atoms with E-state index < -0.39 is 23.7 Å². The van der Waals surface area contributed by atoms with Crippen molar-refractivity contribution >= 4 is 11.8 Å². The number of aliphatic hydroxyl groups is 3. The van der Waals surface area contributed by atoms with Gasteiger partial charge in [-0.15, -0.1) is 11.8 Å². The molecule has 3 rings (SSSR count). The van der Waals surface area contributed by atoms with Crippen LogP contribution in [-0.2, 0) is 0 Å². The second-order valence-corrected chi connectivity index (χ2v) is 6.75. The Bertz CT molecular complexity index is 664. The lowest BCUT2D eigenvalue weighted by atomic mass is 10.1. The molecule has 2 heterocycles. The molecule has 1 aromatic heterocycles. The van der Waals surface area contributed by atoms with Gasteiger partial charge in [0.2, 0.25) is 0 Å². The lowest BCUT2D eigenvalue weighted by Crippen LogP contribution is -2.50. The molecule has 0 unspecified atom stereocenters. The van der Waals surface area contributed by atoms with Crippen molar-refractivity contribution in [3.8, 4) is 17.0 Å². The molecule has 1 aliphatic rings. The first-order valence-electron chi connectivity index (χ1n) is 7.40. The van der Waals surface area contributed by atoms with E-state index in [9.17, 15) is 15.3 Å². The van der Waals surface area contributed by atoms with Gasteiger partial charge in [-0.3, -0.25) is 4.98 Å². The maximum Gasteiger partial charge on any atom is 0.173 e. The van der Waals surface area contributed by atoms with Crippen molar-refractivity contribution in [3.05, 3.63) is 48.2 Å². The van der Waals surface area contributed by atoms with E-state index in [1.54, 1.807) is 12.3 Å². The summed E-state index contributed by atoms with van der Waals surface area (Å²) < 4.78 is 5.79. The quantitative estimate of drug-likeness (QED) is 0.791. The molecule has 3 N–H and O–H groups in total. The standard InChI is InChI=1S/C17H19NO4S/c1-10-5-6-13(18-8-10)11-3-2-4-12(7-11)22-17-16(21)15(20)14(19)9-23-17/h2-8,14-17,19-21H,9H2,1H3/t14-,15+,16-,17+/m1/s1. The van der Waals surface area contributed by atoms with Crippen LogP contribution >= 0.6 is 11.8 Å². The van der Waals surface area contributed by atoms with Crippen LogP contribution in [-0.4, -0.2) is 49.8 Å². The highest BCUT2D eigenvalue weighted by Crippen LogP contribution is 2.30. The summed E-state index contributed by atoms with van der Waals surface area (Å²) in [6, 6.07) is 11.4. The molecule has 0 aliphatic carbocycles. The number of benzene rings is 1. The number of thioether (sulfide) groups is 1. The molecule has 1 aliphatic heterocycles. The minimum Gasteiger partial charge on any atom is -0.477 e. The molecule has 1 fully saturated rings. The summed E-state index contributed by atoms with van der Waals surface area (Å²) in [5, 5.41) is 29.3. The number of hydrogen-bond donors (Lipinski definition) is 3. The zero-order chi connectivity index (χ0) is 16.4. The van der Waals surface area contributed by atoms with E-state index in [4.69, 9.17) is 4.74 Å². The molecule has 122 valence electrons. The first-order chi connectivity index (χ1) is 11.0. The fourth-order valence-corrected chi connectivity index (χ4v) is 3.51. The van der Waals surface area contributed by atoms with Crippen molar-refractivity contribution in [2.75, 3.05) is 5.75 Å².